The van der Waals surface area contributed by atoms with Crippen LogP contribution in [0.15, 0.2) is 75.8 Å². The highest BCUT2D eigenvalue weighted by Crippen LogP contribution is 2.29. The number of para-hydroxylation sites is 1. The summed E-state index contributed by atoms with van der Waals surface area (Å²) in [6.07, 6.45) is 2.95. The SMILES string of the molecule is O=C1C=CC(c2ccccc2NC(=O)c2ccc(S(=O)(=O)N3CCOCC3)cc2)N=N1. The highest BCUT2D eigenvalue weighted by Gasteiger charge is 2.26. The van der Waals surface area contributed by atoms with Crippen LogP contribution in [0.1, 0.15) is 22.0 Å². The summed E-state index contributed by atoms with van der Waals surface area (Å²) in [5, 5.41) is 10.3. The number of sulfonamides is 1. The maximum absolute atomic E-state index is 12.8. The predicted molar refractivity (Wildman–Crippen MR) is 112 cm³/mol. The van der Waals surface area contributed by atoms with Crippen molar-refractivity contribution in [2.24, 2.45) is 10.2 Å². The second-order valence-electron chi connectivity index (χ2n) is 6.94. The molecule has 1 fully saturated rings. The molecule has 0 aliphatic carbocycles. The molecule has 9 nitrogen and oxygen atoms in total. The van der Waals surface area contributed by atoms with Gasteiger partial charge in [-0.05, 0) is 36.4 Å². The van der Waals surface area contributed by atoms with Gasteiger partial charge in [-0.3, -0.25) is 9.59 Å². The second-order valence-corrected chi connectivity index (χ2v) is 8.88. The first-order chi connectivity index (χ1) is 14.9. The lowest BCUT2D eigenvalue weighted by Crippen LogP contribution is -2.40. The van der Waals surface area contributed by atoms with Gasteiger partial charge in [0.25, 0.3) is 11.8 Å². The number of nitrogens with zero attached hydrogens (tertiary/aromatic N) is 3. The largest absolute Gasteiger partial charge is 0.379 e. The molecule has 10 heteroatoms. The van der Waals surface area contributed by atoms with Crippen molar-refractivity contribution in [3.63, 3.8) is 0 Å². The van der Waals surface area contributed by atoms with E-state index >= 15 is 0 Å². The fourth-order valence-corrected chi connectivity index (χ4v) is 4.72. The molecule has 1 unspecified atom stereocenters. The van der Waals surface area contributed by atoms with Crippen LogP contribution in [0.25, 0.3) is 0 Å². The summed E-state index contributed by atoms with van der Waals surface area (Å²) < 4.78 is 32.0. The molecule has 0 saturated carbocycles. The molecule has 2 amide bonds. The fraction of sp³-hybridized carbons (Fsp3) is 0.238. The van der Waals surface area contributed by atoms with E-state index in [0.717, 1.165) is 0 Å². The van der Waals surface area contributed by atoms with E-state index < -0.39 is 27.9 Å². The number of morpholine rings is 1. The van der Waals surface area contributed by atoms with Gasteiger partial charge in [-0.25, -0.2) is 8.42 Å². The minimum Gasteiger partial charge on any atom is -0.379 e. The van der Waals surface area contributed by atoms with Crippen LogP contribution in [-0.4, -0.2) is 50.8 Å². The number of hydrogen-bond donors (Lipinski definition) is 1. The van der Waals surface area contributed by atoms with Crippen LogP contribution < -0.4 is 5.32 Å². The highest BCUT2D eigenvalue weighted by atomic mass is 32.2. The number of azo groups is 1. The minimum absolute atomic E-state index is 0.128. The average Bonchev–Trinajstić information content (AvgIpc) is 2.81. The Kier molecular flexibility index (Phi) is 6.03. The normalized spacial score (nSPS) is 19.4. The summed E-state index contributed by atoms with van der Waals surface area (Å²) in [6, 6.07) is 12.4. The maximum atomic E-state index is 12.8. The first kappa shape index (κ1) is 21.0. The molecule has 0 bridgehead atoms. The van der Waals surface area contributed by atoms with Crippen molar-refractivity contribution in [2.75, 3.05) is 31.6 Å². The van der Waals surface area contributed by atoms with E-state index in [4.69, 9.17) is 4.74 Å². The zero-order chi connectivity index (χ0) is 21.8. The van der Waals surface area contributed by atoms with Gasteiger partial charge in [0, 0.05) is 36.0 Å². The number of nitrogens with one attached hydrogen (secondary N) is 1. The van der Waals surface area contributed by atoms with Gasteiger partial charge in [0.2, 0.25) is 10.0 Å². The van der Waals surface area contributed by atoms with E-state index in [-0.39, 0.29) is 4.90 Å². The molecule has 2 aromatic carbocycles. The molecule has 1 N–H and O–H groups in total. The van der Waals surface area contributed by atoms with Gasteiger partial charge in [-0.2, -0.15) is 9.42 Å². The number of benzene rings is 2. The summed E-state index contributed by atoms with van der Waals surface area (Å²) >= 11 is 0. The molecular formula is C21H20N4O5S. The van der Waals surface area contributed by atoms with E-state index in [1.165, 1.54) is 34.6 Å². The molecule has 4 rings (SSSR count). The number of hydrogen-bond acceptors (Lipinski definition) is 6. The zero-order valence-corrected chi connectivity index (χ0v) is 17.3. The number of ether oxygens (including phenoxy) is 1. The molecular weight excluding hydrogens is 420 g/mol. The zero-order valence-electron chi connectivity index (χ0n) is 16.5. The van der Waals surface area contributed by atoms with Gasteiger partial charge >= 0.3 is 0 Å². The van der Waals surface area contributed by atoms with Crippen LogP contribution in [0.3, 0.4) is 0 Å². The third-order valence-electron chi connectivity index (χ3n) is 4.95. The van der Waals surface area contributed by atoms with Gasteiger partial charge in [0.05, 0.1) is 18.1 Å². The molecule has 160 valence electrons. The Bertz CT molecular complexity index is 1140. The maximum Gasteiger partial charge on any atom is 0.287 e. The minimum atomic E-state index is -3.63. The molecule has 2 heterocycles. The first-order valence-electron chi connectivity index (χ1n) is 9.66. The molecule has 2 aliphatic heterocycles. The van der Waals surface area contributed by atoms with Crippen LogP contribution in [0, 0.1) is 0 Å². The fourth-order valence-electron chi connectivity index (χ4n) is 3.31. The topological polar surface area (TPSA) is 118 Å². The van der Waals surface area contributed by atoms with E-state index in [9.17, 15) is 18.0 Å². The molecule has 0 radical (unpaired) electrons. The van der Waals surface area contributed by atoms with Gasteiger partial charge < -0.3 is 10.1 Å². The summed E-state index contributed by atoms with van der Waals surface area (Å²) in [5.74, 6) is -0.819. The lowest BCUT2D eigenvalue weighted by molar-refractivity contribution is -0.114. The molecule has 1 saturated heterocycles. The Morgan fingerprint density at radius 3 is 2.45 bits per heavy atom. The van der Waals surface area contributed by atoms with Crippen molar-refractivity contribution in [1.82, 2.24) is 4.31 Å². The van der Waals surface area contributed by atoms with E-state index in [0.29, 0.717) is 43.1 Å². The molecule has 0 aromatic heterocycles. The van der Waals surface area contributed by atoms with E-state index in [1.807, 2.05) is 0 Å². The second kappa shape index (κ2) is 8.88. The Labute approximate surface area is 179 Å². The molecule has 1 atom stereocenters. The van der Waals surface area contributed by atoms with Crippen LogP contribution in [0.5, 0.6) is 0 Å². The smallest absolute Gasteiger partial charge is 0.287 e. The van der Waals surface area contributed by atoms with Crippen LogP contribution in [0.4, 0.5) is 5.69 Å². The number of rotatable bonds is 5. The molecule has 2 aliphatic rings. The lowest BCUT2D eigenvalue weighted by Gasteiger charge is -2.26. The van der Waals surface area contributed by atoms with Crippen molar-refractivity contribution >= 4 is 27.5 Å². The Morgan fingerprint density at radius 2 is 1.77 bits per heavy atom. The van der Waals surface area contributed by atoms with Crippen LogP contribution >= 0.6 is 0 Å². The Balaban J connectivity index is 1.51. The van der Waals surface area contributed by atoms with Crippen molar-refractivity contribution in [3.05, 3.63) is 71.8 Å². The number of carbonyl (C=O) groups is 2. The number of carbonyl (C=O) groups excluding carboxylic acids is 2. The van der Waals surface area contributed by atoms with Gasteiger partial charge in [-0.15, -0.1) is 5.11 Å². The van der Waals surface area contributed by atoms with Crippen molar-refractivity contribution in [2.45, 2.75) is 10.9 Å². The number of anilines is 1. The van der Waals surface area contributed by atoms with E-state index in [2.05, 4.69) is 15.5 Å². The van der Waals surface area contributed by atoms with Crippen LogP contribution in [0.2, 0.25) is 0 Å². The average molecular weight is 440 g/mol. The van der Waals surface area contributed by atoms with Crippen molar-refractivity contribution in [1.29, 1.82) is 0 Å². The standard InChI is InChI=1S/C21H20N4O5S/c26-20-10-9-19(23-24-20)17-3-1-2-4-18(17)22-21(27)15-5-7-16(8-6-15)31(28,29)25-11-13-30-14-12-25/h1-10,19H,11-14H2,(H,22,27). The van der Waals surface area contributed by atoms with Crippen molar-refractivity contribution in [3.8, 4) is 0 Å². The molecule has 2 aromatic rings. The third kappa shape index (κ3) is 4.61. The van der Waals surface area contributed by atoms with E-state index in [1.54, 1.807) is 30.3 Å². The van der Waals surface area contributed by atoms with Gasteiger partial charge in [-0.1, -0.05) is 18.2 Å². The number of amides is 2. The van der Waals surface area contributed by atoms with Gasteiger partial charge in [0.1, 0.15) is 6.04 Å². The predicted octanol–water partition coefficient (Wildman–Crippen LogP) is 2.55. The first-order valence-corrected chi connectivity index (χ1v) is 11.1. The monoisotopic (exact) mass is 440 g/mol. The molecule has 31 heavy (non-hydrogen) atoms. The Hall–Kier alpha value is -3.21. The molecule has 0 spiro atoms. The summed E-state index contributed by atoms with van der Waals surface area (Å²) in [7, 11) is -3.63. The summed E-state index contributed by atoms with van der Waals surface area (Å²) in [6.45, 7) is 1.34. The van der Waals surface area contributed by atoms with Crippen molar-refractivity contribution < 1.29 is 22.7 Å². The van der Waals surface area contributed by atoms with Crippen LogP contribution in [-0.2, 0) is 19.6 Å². The Morgan fingerprint density at radius 1 is 1.06 bits per heavy atom. The lowest BCUT2D eigenvalue weighted by atomic mass is 10.0. The third-order valence-corrected chi connectivity index (χ3v) is 6.87. The summed E-state index contributed by atoms with van der Waals surface area (Å²) in [4.78, 5) is 24.1. The van der Waals surface area contributed by atoms with Gasteiger partial charge in [0.15, 0.2) is 0 Å². The quantitative estimate of drug-likeness (QED) is 0.767. The highest BCUT2D eigenvalue weighted by molar-refractivity contribution is 7.89. The summed E-state index contributed by atoms with van der Waals surface area (Å²) in [5.41, 5.74) is 1.53.